The zero-order valence-electron chi connectivity index (χ0n) is 16.9. The maximum absolute atomic E-state index is 12.3. The number of amides is 1. The molecule has 1 saturated heterocycles. The maximum Gasteiger partial charge on any atom is 0.223 e. The van der Waals surface area contributed by atoms with Gasteiger partial charge in [0, 0.05) is 50.8 Å². The number of nitrogens with one attached hydrogen (secondary N) is 1. The zero-order chi connectivity index (χ0) is 19.6. The minimum absolute atomic E-state index is 0.0926. The monoisotopic (exact) mass is 370 g/mol. The third-order valence-electron chi connectivity index (χ3n) is 5.83. The fourth-order valence-corrected chi connectivity index (χ4v) is 3.94. The van der Waals surface area contributed by atoms with Gasteiger partial charge in [-0.3, -0.25) is 9.48 Å². The lowest BCUT2D eigenvalue weighted by Crippen LogP contribution is -2.31. The fourth-order valence-electron chi connectivity index (χ4n) is 3.94. The first kappa shape index (κ1) is 19.4. The predicted octanol–water partition coefficient (Wildman–Crippen LogP) is 2.65. The number of benzene rings is 1. The molecule has 3 atom stereocenters. The summed E-state index contributed by atoms with van der Waals surface area (Å²) in [6.45, 7) is 5.97. The van der Waals surface area contributed by atoms with Crippen molar-refractivity contribution in [2.75, 3.05) is 27.2 Å². The molecule has 1 fully saturated rings. The molecule has 0 radical (unpaired) electrons. The normalized spacial score (nSPS) is 20.9. The third kappa shape index (κ3) is 4.00. The van der Waals surface area contributed by atoms with Crippen molar-refractivity contribution in [2.45, 2.75) is 32.2 Å². The van der Waals surface area contributed by atoms with Crippen molar-refractivity contribution in [1.29, 1.82) is 0 Å². The number of hydrogen-bond donors (Lipinski definition) is 1. The lowest BCUT2D eigenvalue weighted by molar-refractivity contribution is -0.127. The topological polar surface area (TPSA) is 59.4 Å². The van der Waals surface area contributed by atoms with Crippen molar-refractivity contribution < 1.29 is 9.53 Å². The van der Waals surface area contributed by atoms with Gasteiger partial charge in [-0.1, -0.05) is 19.1 Å². The van der Waals surface area contributed by atoms with Gasteiger partial charge in [0.05, 0.1) is 19.3 Å². The van der Waals surface area contributed by atoms with Crippen LogP contribution in [0.2, 0.25) is 0 Å². The van der Waals surface area contributed by atoms with Crippen LogP contribution in [0.3, 0.4) is 0 Å². The molecule has 1 aliphatic heterocycles. The van der Waals surface area contributed by atoms with Crippen LogP contribution in [-0.4, -0.2) is 47.8 Å². The Morgan fingerprint density at radius 1 is 1.30 bits per heavy atom. The number of aryl methyl sites for hydroxylation is 1. The highest BCUT2D eigenvalue weighted by molar-refractivity contribution is 5.79. The van der Waals surface area contributed by atoms with E-state index >= 15 is 0 Å². The van der Waals surface area contributed by atoms with Gasteiger partial charge in [0.15, 0.2) is 0 Å². The maximum atomic E-state index is 12.3. The van der Waals surface area contributed by atoms with E-state index in [0.717, 1.165) is 30.1 Å². The highest BCUT2D eigenvalue weighted by atomic mass is 16.5. The van der Waals surface area contributed by atoms with Crippen LogP contribution in [0.15, 0.2) is 30.5 Å². The molecule has 3 rings (SSSR count). The van der Waals surface area contributed by atoms with E-state index in [1.54, 1.807) is 7.11 Å². The van der Waals surface area contributed by atoms with E-state index < -0.39 is 0 Å². The number of carbonyl (C=O) groups is 1. The van der Waals surface area contributed by atoms with E-state index in [1.807, 2.05) is 42.0 Å². The highest BCUT2D eigenvalue weighted by Crippen LogP contribution is 2.37. The lowest BCUT2D eigenvalue weighted by Gasteiger charge is -2.25. The molecule has 2 heterocycles. The lowest BCUT2D eigenvalue weighted by atomic mass is 9.93. The molecule has 1 aromatic carbocycles. The number of aromatic nitrogens is 2. The highest BCUT2D eigenvalue weighted by Gasteiger charge is 2.39. The minimum atomic E-state index is 0.0926. The first-order valence-corrected chi connectivity index (χ1v) is 9.51. The predicted molar refractivity (Wildman–Crippen MR) is 106 cm³/mol. The van der Waals surface area contributed by atoms with Gasteiger partial charge in [-0.25, -0.2) is 0 Å². The minimum Gasteiger partial charge on any atom is -0.497 e. The van der Waals surface area contributed by atoms with Crippen LogP contribution in [0, 0.1) is 12.8 Å². The summed E-state index contributed by atoms with van der Waals surface area (Å²) in [4.78, 5) is 14.2. The summed E-state index contributed by atoms with van der Waals surface area (Å²) in [5.41, 5.74) is 3.56. The number of rotatable bonds is 7. The third-order valence-corrected chi connectivity index (χ3v) is 5.83. The standard InChI is InChI=1S/C21H30N4O2/c1-14(16-6-8-18(27-5)9-7-16)11-22-12-17-10-20(26)24(3)21(17)19-13-23-25(4)15(19)2/h6-9,13-14,17,21-22H,10-12H2,1-5H3/t14-,17+,21-/m1/s1. The largest absolute Gasteiger partial charge is 0.497 e. The van der Waals surface area contributed by atoms with E-state index in [0.29, 0.717) is 12.3 Å². The van der Waals surface area contributed by atoms with Crippen molar-refractivity contribution in [3.8, 4) is 5.75 Å². The van der Waals surface area contributed by atoms with Crippen molar-refractivity contribution in [3.05, 3.63) is 47.3 Å². The number of hydrogen-bond acceptors (Lipinski definition) is 4. The summed E-state index contributed by atoms with van der Waals surface area (Å²) >= 11 is 0. The van der Waals surface area contributed by atoms with Crippen LogP contribution in [0.1, 0.15) is 42.1 Å². The summed E-state index contributed by atoms with van der Waals surface area (Å²) in [7, 11) is 5.53. The molecular weight excluding hydrogens is 340 g/mol. The second kappa shape index (κ2) is 8.13. The number of nitrogens with zero attached hydrogens (tertiary/aromatic N) is 3. The molecule has 6 heteroatoms. The van der Waals surface area contributed by atoms with Crippen molar-refractivity contribution >= 4 is 5.91 Å². The second-order valence-corrected chi connectivity index (χ2v) is 7.56. The van der Waals surface area contributed by atoms with Crippen molar-refractivity contribution in [1.82, 2.24) is 20.0 Å². The molecule has 0 spiro atoms. The number of likely N-dealkylation sites (tertiary alicyclic amines) is 1. The summed E-state index contributed by atoms with van der Waals surface area (Å²) < 4.78 is 7.10. The van der Waals surface area contributed by atoms with Crippen molar-refractivity contribution in [2.24, 2.45) is 13.0 Å². The van der Waals surface area contributed by atoms with Crippen LogP contribution in [-0.2, 0) is 11.8 Å². The summed E-state index contributed by atoms with van der Waals surface area (Å²) in [6, 6.07) is 8.31. The molecule has 6 nitrogen and oxygen atoms in total. The van der Waals surface area contributed by atoms with Gasteiger partial charge in [-0.15, -0.1) is 0 Å². The molecule has 0 aliphatic carbocycles. The summed E-state index contributed by atoms with van der Waals surface area (Å²) in [6.07, 6.45) is 2.49. The van der Waals surface area contributed by atoms with Gasteiger partial charge >= 0.3 is 0 Å². The molecule has 1 aliphatic rings. The Hall–Kier alpha value is -2.34. The average Bonchev–Trinajstić information content (AvgIpc) is 3.14. The summed E-state index contributed by atoms with van der Waals surface area (Å²) in [5.74, 6) is 1.73. The van der Waals surface area contributed by atoms with Gasteiger partial charge < -0.3 is 15.0 Å². The first-order chi connectivity index (χ1) is 12.9. The number of methoxy groups -OCH3 is 1. The Kier molecular flexibility index (Phi) is 5.85. The molecule has 0 saturated carbocycles. The van der Waals surface area contributed by atoms with Gasteiger partial charge in [-0.05, 0) is 30.5 Å². The molecule has 0 bridgehead atoms. The Balaban J connectivity index is 1.61. The van der Waals surface area contributed by atoms with Crippen LogP contribution in [0.5, 0.6) is 5.75 Å². The van der Waals surface area contributed by atoms with E-state index in [2.05, 4.69) is 36.4 Å². The van der Waals surface area contributed by atoms with Gasteiger partial charge in [0.1, 0.15) is 5.75 Å². The molecule has 146 valence electrons. The SMILES string of the molecule is COc1ccc([C@H](C)CNC[C@@H]2CC(=O)N(C)[C@H]2c2cnn(C)c2C)cc1. The second-order valence-electron chi connectivity index (χ2n) is 7.56. The molecule has 0 unspecified atom stereocenters. The van der Waals surface area contributed by atoms with E-state index in [1.165, 1.54) is 5.56 Å². The Labute approximate surface area is 161 Å². The fraction of sp³-hybridized carbons (Fsp3) is 0.524. The van der Waals surface area contributed by atoms with Crippen LogP contribution in [0.4, 0.5) is 0 Å². The molecule has 2 aromatic rings. The zero-order valence-corrected chi connectivity index (χ0v) is 16.9. The van der Waals surface area contributed by atoms with Crippen LogP contribution >= 0.6 is 0 Å². The smallest absolute Gasteiger partial charge is 0.223 e. The quantitative estimate of drug-likeness (QED) is 0.814. The van der Waals surface area contributed by atoms with Crippen LogP contribution < -0.4 is 10.1 Å². The molecule has 27 heavy (non-hydrogen) atoms. The Morgan fingerprint density at radius 3 is 2.59 bits per heavy atom. The molecule has 1 N–H and O–H groups in total. The van der Waals surface area contributed by atoms with E-state index in [-0.39, 0.29) is 17.9 Å². The van der Waals surface area contributed by atoms with Gasteiger partial charge in [0.25, 0.3) is 0 Å². The van der Waals surface area contributed by atoms with Gasteiger partial charge in [-0.2, -0.15) is 5.10 Å². The first-order valence-electron chi connectivity index (χ1n) is 9.51. The number of carbonyl (C=O) groups excluding carboxylic acids is 1. The molecule has 1 aromatic heterocycles. The van der Waals surface area contributed by atoms with Gasteiger partial charge in [0.2, 0.25) is 5.91 Å². The summed E-state index contributed by atoms with van der Waals surface area (Å²) in [5, 5.41) is 7.95. The average molecular weight is 370 g/mol. The Bertz CT molecular complexity index is 784. The Morgan fingerprint density at radius 2 is 2.00 bits per heavy atom. The van der Waals surface area contributed by atoms with Crippen molar-refractivity contribution in [3.63, 3.8) is 0 Å². The number of ether oxygens (including phenoxy) is 1. The molecule has 1 amide bonds. The molecular formula is C21H30N4O2. The van der Waals surface area contributed by atoms with Crippen LogP contribution in [0.25, 0.3) is 0 Å². The van der Waals surface area contributed by atoms with E-state index in [4.69, 9.17) is 4.74 Å². The van der Waals surface area contributed by atoms with E-state index in [9.17, 15) is 4.79 Å².